The van der Waals surface area contributed by atoms with Crippen LogP contribution in [-0.2, 0) is 4.79 Å². The van der Waals surface area contributed by atoms with E-state index in [1.54, 1.807) is 38.4 Å². The Kier molecular flexibility index (Phi) is 5.79. The first-order valence-corrected chi connectivity index (χ1v) is 9.20. The van der Waals surface area contributed by atoms with Crippen molar-refractivity contribution in [1.29, 1.82) is 0 Å². The molecule has 3 rings (SSSR count). The number of nitrogens with zero attached hydrogens (tertiary/aromatic N) is 2. The number of carboxylic acids is 1. The van der Waals surface area contributed by atoms with Crippen molar-refractivity contribution in [1.82, 2.24) is 4.90 Å². The zero-order valence-electron chi connectivity index (χ0n) is 15.9. The van der Waals surface area contributed by atoms with E-state index >= 15 is 0 Å². The molecule has 0 aromatic heterocycles. The summed E-state index contributed by atoms with van der Waals surface area (Å²) in [7, 11) is 4.67. The molecule has 2 N–H and O–H groups in total. The lowest BCUT2D eigenvalue weighted by Crippen LogP contribution is -2.23. The topological polar surface area (TPSA) is 109 Å². The van der Waals surface area contributed by atoms with E-state index in [0.717, 1.165) is 5.56 Å². The average Bonchev–Trinajstić information content (AvgIpc) is 2.95. The van der Waals surface area contributed by atoms with Crippen LogP contribution in [0.5, 0.6) is 17.2 Å². The van der Waals surface area contributed by atoms with E-state index in [1.165, 1.54) is 42.0 Å². The van der Waals surface area contributed by atoms with Crippen LogP contribution >= 0.6 is 11.8 Å². The van der Waals surface area contributed by atoms with Gasteiger partial charge in [-0.25, -0.2) is 9.79 Å². The molecule has 0 atom stereocenters. The number of phenols is 1. The Morgan fingerprint density at radius 3 is 2.48 bits per heavy atom. The van der Waals surface area contributed by atoms with Crippen LogP contribution in [0, 0.1) is 0 Å². The molecule has 1 heterocycles. The van der Waals surface area contributed by atoms with Crippen molar-refractivity contribution in [3.63, 3.8) is 0 Å². The number of hydrogen-bond acceptors (Lipinski definition) is 7. The van der Waals surface area contributed by atoms with Gasteiger partial charge in [0.1, 0.15) is 11.3 Å². The van der Waals surface area contributed by atoms with Gasteiger partial charge in [0.05, 0.1) is 24.8 Å². The molecule has 29 heavy (non-hydrogen) atoms. The lowest BCUT2D eigenvalue weighted by molar-refractivity contribution is -0.121. The van der Waals surface area contributed by atoms with E-state index in [0.29, 0.717) is 27.3 Å². The predicted molar refractivity (Wildman–Crippen MR) is 110 cm³/mol. The Labute approximate surface area is 171 Å². The van der Waals surface area contributed by atoms with Crippen molar-refractivity contribution in [2.45, 2.75) is 0 Å². The maximum atomic E-state index is 12.6. The first-order valence-electron chi connectivity index (χ1n) is 8.38. The van der Waals surface area contributed by atoms with Crippen molar-refractivity contribution < 1.29 is 29.3 Å². The van der Waals surface area contributed by atoms with Gasteiger partial charge in [-0.15, -0.1) is 0 Å². The molecular formula is C20H18N2O6S. The van der Waals surface area contributed by atoms with Gasteiger partial charge in [-0.3, -0.25) is 9.69 Å². The van der Waals surface area contributed by atoms with Crippen molar-refractivity contribution in [2.24, 2.45) is 4.99 Å². The first-order chi connectivity index (χ1) is 13.8. The lowest BCUT2D eigenvalue weighted by atomic mass is 10.2. The molecule has 1 aliphatic heterocycles. The predicted octanol–water partition coefficient (Wildman–Crippen LogP) is 3.34. The molecular weight excluding hydrogens is 396 g/mol. The van der Waals surface area contributed by atoms with Crippen molar-refractivity contribution in [2.75, 3.05) is 21.3 Å². The summed E-state index contributed by atoms with van der Waals surface area (Å²) in [4.78, 5) is 29.8. The van der Waals surface area contributed by atoms with Crippen LogP contribution in [0.3, 0.4) is 0 Å². The fraction of sp³-hybridized carbons (Fsp3) is 0.150. The number of carboxylic acid groups (broad SMARTS) is 1. The molecule has 1 fully saturated rings. The number of thioether (sulfide) groups is 1. The molecule has 150 valence electrons. The van der Waals surface area contributed by atoms with Crippen molar-refractivity contribution >= 4 is 40.6 Å². The molecule has 0 radical (unpaired) electrons. The maximum Gasteiger partial charge on any atom is 0.339 e. The van der Waals surface area contributed by atoms with E-state index in [-0.39, 0.29) is 11.5 Å². The number of carbonyl (C=O) groups is 2. The Morgan fingerprint density at radius 1 is 1.14 bits per heavy atom. The lowest BCUT2D eigenvalue weighted by Gasteiger charge is -2.08. The van der Waals surface area contributed by atoms with Crippen LogP contribution in [0.4, 0.5) is 5.69 Å². The molecule has 1 amide bonds. The third kappa shape index (κ3) is 4.19. The summed E-state index contributed by atoms with van der Waals surface area (Å²) >= 11 is 1.17. The zero-order valence-corrected chi connectivity index (χ0v) is 16.7. The largest absolute Gasteiger partial charge is 0.507 e. The second-order valence-electron chi connectivity index (χ2n) is 5.99. The van der Waals surface area contributed by atoms with E-state index in [4.69, 9.17) is 14.6 Å². The molecule has 0 saturated carbocycles. The fourth-order valence-corrected chi connectivity index (χ4v) is 3.61. The third-order valence-corrected chi connectivity index (χ3v) is 5.21. The molecule has 2 aromatic rings. The summed E-state index contributed by atoms with van der Waals surface area (Å²) < 4.78 is 10.5. The normalized spacial score (nSPS) is 16.5. The van der Waals surface area contributed by atoms with Crippen molar-refractivity contribution in [3.8, 4) is 17.2 Å². The van der Waals surface area contributed by atoms with E-state index < -0.39 is 11.7 Å². The highest BCUT2D eigenvalue weighted by molar-refractivity contribution is 8.18. The van der Waals surface area contributed by atoms with Crippen LogP contribution in [0.2, 0.25) is 0 Å². The number of likely N-dealkylation sites (N-methyl/N-ethyl adjacent to an activating group) is 1. The summed E-state index contributed by atoms with van der Waals surface area (Å²) in [6.45, 7) is 0. The van der Waals surface area contributed by atoms with Gasteiger partial charge in [-0.1, -0.05) is 6.07 Å². The van der Waals surface area contributed by atoms with E-state index in [2.05, 4.69) is 4.99 Å². The SMILES string of the molecule is COc1ccc(/C=C2\SC(=Nc3ccc(C(=O)O)c(O)c3)N(C)C2=O)cc1OC. The van der Waals surface area contributed by atoms with E-state index in [9.17, 15) is 14.7 Å². The van der Waals surface area contributed by atoms with Crippen LogP contribution in [0.1, 0.15) is 15.9 Å². The van der Waals surface area contributed by atoms with Crippen LogP contribution in [-0.4, -0.2) is 53.4 Å². The van der Waals surface area contributed by atoms with Gasteiger partial charge >= 0.3 is 5.97 Å². The molecule has 1 saturated heterocycles. The summed E-state index contributed by atoms with van der Waals surface area (Å²) in [5.74, 6) is -0.714. The molecule has 0 bridgehead atoms. The molecule has 9 heteroatoms. The number of amides is 1. The van der Waals surface area contributed by atoms with Gasteiger partial charge in [-0.05, 0) is 47.7 Å². The smallest absolute Gasteiger partial charge is 0.339 e. The van der Waals surface area contributed by atoms with Gasteiger partial charge in [0.15, 0.2) is 16.7 Å². The number of carbonyl (C=O) groups excluding carboxylic acids is 1. The number of aromatic hydroxyl groups is 1. The minimum atomic E-state index is -1.23. The molecule has 0 unspecified atom stereocenters. The number of ether oxygens (including phenoxy) is 2. The summed E-state index contributed by atoms with van der Waals surface area (Å²) in [5.41, 5.74) is 0.880. The summed E-state index contributed by atoms with van der Waals surface area (Å²) in [6.07, 6.45) is 1.72. The quantitative estimate of drug-likeness (QED) is 0.722. The second kappa shape index (κ2) is 8.27. The van der Waals surface area contributed by atoms with Crippen molar-refractivity contribution in [3.05, 3.63) is 52.4 Å². The molecule has 8 nitrogen and oxygen atoms in total. The van der Waals surface area contributed by atoms with Crippen LogP contribution in [0.15, 0.2) is 46.3 Å². The average molecular weight is 414 g/mol. The number of benzene rings is 2. The number of aromatic carboxylic acids is 1. The van der Waals surface area contributed by atoms with Crippen LogP contribution < -0.4 is 9.47 Å². The van der Waals surface area contributed by atoms with E-state index in [1.807, 2.05) is 0 Å². The highest BCUT2D eigenvalue weighted by Gasteiger charge is 2.30. The van der Waals surface area contributed by atoms with Gasteiger partial charge in [0, 0.05) is 13.1 Å². The number of amidine groups is 1. The standard InChI is InChI=1S/C20H18N2O6S/c1-22-18(24)17(9-11-4-7-15(27-2)16(8-11)28-3)29-20(22)21-12-5-6-13(19(25)26)14(23)10-12/h4-10,23H,1-3H3,(H,25,26)/b17-9-,21-20?. The Bertz CT molecular complexity index is 1050. The molecule has 0 spiro atoms. The minimum absolute atomic E-state index is 0.216. The Morgan fingerprint density at radius 2 is 1.86 bits per heavy atom. The minimum Gasteiger partial charge on any atom is -0.507 e. The summed E-state index contributed by atoms with van der Waals surface area (Å²) in [5, 5.41) is 19.2. The zero-order chi connectivity index (χ0) is 21.1. The Hall–Kier alpha value is -3.46. The first kappa shape index (κ1) is 20.3. The monoisotopic (exact) mass is 414 g/mol. The van der Waals surface area contributed by atoms with Gasteiger partial charge in [-0.2, -0.15) is 0 Å². The van der Waals surface area contributed by atoms with Gasteiger partial charge in [0.25, 0.3) is 5.91 Å². The fourth-order valence-electron chi connectivity index (χ4n) is 2.63. The third-order valence-electron chi connectivity index (χ3n) is 4.15. The number of rotatable bonds is 5. The molecule has 2 aromatic carbocycles. The summed E-state index contributed by atoms with van der Waals surface area (Å²) in [6, 6.07) is 9.29. The van der Waals surface area contributed by atoms with Crippen LogP contribution in [0.25, 0.3) is 6.08 Å². The number of methoxy groups -OCH3 is 2. The maximum absolute atomic E-state index is 12.6. The highest BCUT2D eigenvalue weighted by atomic mass is 32.2. The van der Waals surface area contributed by atoms with Gasteiger partial charge < -0.3 is 19.7 Å². The molecule has 1 aliphatic rings. The number of hydrogen-bond donors (Lipinski definition) is 2. The second-order valence-corrected chi connectivity index (χ2v) is 7.00. The highest BCUT2D eigenvalue weighted by Crippen LogP contribution is 2.35. The number of aliphatic imine (C=N–C) groups is 1. The molecule has 0 aliphatic carbocycles. The Balaban J connectivity index is 1.89. The van der Waals surface area contributed by atoms with Gasteiger partial charge in [0.2, 0.25) is 0 Å².